The van der Waals surface area contributed by atoms with Gasteiger partial charge in [0, 0.05) is 31.0 Å². The summed E-state index contributed by atoms with van der Waals surface area (Å²) in [6.45, 7) is 1.14. The summed E-state index contributed by atoms with van der Waals surface area (Å²) < 4.78 is 22.9. The molecule has 0 saturated carbocycles. The van der Waals surface area contributed by atoms with Crippen molar-refractivity contribution in [2.24, 2.45) is 0 Å². The van der Waals surface area contributed by atoms with Crippen molar-refractivity contribution in [1.29, 1.82) is 0 Å². The molecule has 1 saturated heterocycles. The van der Waals surface area contributed by atoms with Gasteiger partial charge in [-0.1, -0.05) is 0 Å². The van der Waals surface area contributed by atoms with E-state index in [1.165, 1.54) is 0 Å². The van der Waals surface area contributed by atoms with E-state index in [-0.39, 0.29) is 11.5 Å². The second-order valence-corrected chi connectivity index (χ2v) is 6.59. The number of halogens is 1. The molecule has 94 valence electrons. The Balaban J connectivity index is 2.11. The van der Waals surface area contributed by atoms with Gasteiger partial charge >= 0.3 is 0 Å². The first-order valence-corrected chi connectivity index (χ1v) is 7.78. The summed E-state index contributed by atoms with van der Waals surface area (Å²) in [6.07, 6.45) is 3.98. The molecule has 0 unspecified atom stereocenters. The lowest BCUT2D eigenvalue weighted by Crippen LogP contribution is -2.28. The molecule has 0 spiro atoms. The smallest absolute Gasteiger partial charge is 0.225 e. The highest BCUT2D eigenvalue weighted by molar-refractivity contribution is 7.91. The van der Waals surface area contributed by atoms with Crippen LogP contribution in [0.1, 0.15) is 12.0 Å². The molecule has 0 bridgehead atoms. The predicted octanol–water partition coefficient (Wildman–Crippen LogP) is 0.840. The van der Waals surface area contributed by atoms with Crippen molar-refractivity contribution < 1.29 is 8.42 Å². The molecule has 2 heterocycles. The number of rotatable bonds is 2. The van der Waals surface area contributed by atoms with Crippen molar-refractivity contribution >= 4 is 27.4 Å². The standard InChI is InChI=1S/C10H14ClN3O2S/c11-6-9-7-12-10(13-8-9)14-2-1-4-17(15,16)5-3-14/h7-8H,1-6H2. The van der Waals surface area contributed by atoms with E-state index in [4.69, 9.17) is 11.6 Å². The van der Waals surface area contributed by atoms with Gasteiger partial charge in [-0.15, -0.1) is 11.6 Å². The number of hydrogen-bond acceptors (Lipinski definition) is 5. The fourth-order valence-corrected chi connectivity index (χ4v) is 3.13. The Bertz CT molecular complexity index is 475. The predicted molar refractivity (Wildman–Crippen MR) is 67.1 cm³/mol. The van der Waals surface area contributed by atoms with Crippen LogP contribution in [0.25, 0.3) is 0 Å². The molecule has 1 aliphatic heterocycles. The Morgan fingerprint density at radius 3 is 2.59 bits per heavy atom. The van der Waals surface area contributed by atoms with E-state index in [0.717, 1.165) is 5.56 Å². The average Bonchev–Trinajstić information content (AvgIpc) is 2.50. The molecule has 0 radical (unpaired) electrons. The molecule has 1 fully saturated rings. The number of nitrogens with zero attached hydrogens (tertiary/aromatic N) is 3. The zero-order chi connectivity index (χ0) is 12.3. The Morgan fingerprint density at radius 1 is 1.24 bits per heavy atom. The number of alkyl halides is 1. The summed E-state index contributed by atoms with van der Waals surface area (Å²) in [5.74, 6) is 1.39. The molecule has 0 N–H and O–H groups in total. The first-order valence-electron chi connectivity index (χ1n) is 5.43. The highest BCUT2D eigenvalue weighted by Gasteiger charge is 2.20. The van der Waals surface area contributed by atoms with Crippen LogP contribution in [0.5, 0.6) is 0 Å². The van der Waals surface area contributed by atoms with Gasteiger partial charge in [-0.25, -0.2) is 18.4 Å². The zero-order valence-corrected chi connectivity index (χ0v) is 10.9. The van der Waals surface area contributed by atoms with Crippen molar-refractivity contribution in [1.82, 2.24) is 9.97 Å². The summed E-state index contributed by atoms with van der Waals surface area (Å²) in [5.41, 5.74) is 0.859. The molecule has 0 amide bonds. The maximum absolute atomic E-state index is 11.5. The first kappa shape index (κ1) is 12.6. The number of aromatic nitrogens is 2. The Labute approximate surface area is 106 Å². The highest BCUT2D eigenvalue weighted by atomic mass is 35.5. The van der Waals surface area contributed by atoms with Crippen LogP contribution >= 0.6 is 11.6 Å². The van der Waals surface area contributed by atoms with E-state index < -0.39 is 9.84 Å². The second kappa shape index (κ2) is 5.18. The first-order chi connectivity index (χ1) is 8.11. The van der Waals surface area contributed by atoms with Crippen LogP contribution in [-0.2, 0) is 15.7 Å². The maximum Gasteiger partial charge on any atom is 0.225 e. The van der Waals surface area contributed by atoms with E-state index >= 15 is 0 Å². The van der Waals surface area contributed by atoms with Gasteiger partial charge in [-0.05, 0) is 6.42 Å². The normalized spacial score (nSPS) is 19.9. The van der Waals surface area contributed by atoms with Gasteiger partial charge in [0.05, 0.1) is 17.4 Å². The minimum Gasteiger partial charge on any atom is -0.340 e. The van der Waals surface area contributed by atoms with E-state index in [2.05, 4.69) is 9.97 Å². The molecule has 1 aromatic rings. The summed E-state index contributed by atoms with van der Waals surface area (Å²) >= 11 is 5.66. The van der Waals surface area contributed by atoms with Gasteiger partial charge in [0.1, 0.15) is 0 Å². The topological polar surface area (TPSA) is 63.2 Å². The molecule has 2 rings (SSSR count). The van der Waals surface area contributed by atoms with Crippen molar-refractivity contribution in [3.8, 4) is 0 Å². The van der Waals surface area contributed by atoms with Crippen LogP contribution in [0.2, 0.25) is 0 Å². The summed E-state index contributed by atoms with van der Waals surface area (Å²) in [4.78, 5) is 10.3. The van der Waals surface area contributed by atoms with Crippen LogP contribution in [0.3, 0.4) is 0 Å². The van der Waals surface area contributed by atoms with Gasteiger partial charge in [0.2, 0.25) is 5.95 Å². The Kier molecular flexibility index (Phi) is 3.83. The SMILES string of the molecule is O=S1(=O)CCCN(c2ncc(CCl)cn2)CC1. The zero-order valence-electron chi connectivity index (χ0n) is 9.34. The Hall–Kier alpha value is -0.880. The molecule has 5 nitrogen and oxygen atoms in total. The molecular formula is C10H14ClN3O2S. The molecule has 7 heteroatoms. The molecule has 0 atom stereocenters. The van der Waals surface area contributed by atoms with Gasteiger partial charge in [-0.2, -0.15) is 0 Å². The van der Waals surface area contributed by atoms with Crippen LogP contribution in [0.4, 0.5) is 5.95 Å². The van der Waals surface area contributed by atoms with Gasteiger partial charge in [0.15, 0.2) is 9.84 Å². The largest absolute Gasteiger partial charge is 0.340 e. The lowest BCUT2D eigenvalue weighted by atomic mass is 10.4. The molecular weight excluding hydrogens is 262 g/mol. The second-order valence-electron chi connectivity index (χ2n) is 4.02. The van der Waals surface area contributed by atoms with Crippen LogP contribution in [0, 0.1) is 0 Å². The third-order valence-electron chi connectivity index (χ3n) is 2.68. The van der Waals surface area contributed by atoms with E-state index in [0.29, 0.717) is 31.3 Å². The molecule has 0 aromatic carbocycles. The van der Waals surface area contributed by atoms with E-state index in [9.17, 15) is 8.42 Å². The number of anilines is 1. The van der Waals surface area contributed by atoms with Crippen LogP contribution in [-0.4, -0.2) is 43.0 Å². The van der Waals surface area contributed by atoms with Crippen molar-refractivity contribution in [2.75, 3.05) is 29.5 Å². The molecule has 1 aromatic heterocycles. The lowest BCUT2D eigenvalue weighted by molar-refractivity contribution is 0.597. The third-order valence-corrected chi connectivity index (χ3v) is 4.71. The minimum absolute atomic E-state index is 0.174. The van der Waals surface area contributed by atoms with Gasteiger partial charge in [0.25, 0.3) is 0 Å². The monoisotopic (exact) mass is 275 g/mol. The molecule has 0 aliphatic carbocycles. The minimum atomic E-state index is -2.89. The van der Waals surface area contributed by atoms with Crippen molar-refractivity contribution in [2.45, 2.75) is 12.3 Å². The van der Waals surface area contributed by atoms with Gasteiger partial charge in [-0.3, -0.25) is 0 Å². The maximum atomic E-state index is 11.5. The van der Waals surface area contributed by atoms with E-state index in [1.807, 2.05) is 4.90 Å². The Morgan fingerprint density at radius 2 is 1.94 bits per heavy atom. The van der Waals surface area contributed by atoms with Crippen LogP contribution < -0.4 is 4.90 Å². The fourth-order valence-electron chi connectivity index (χ4n) is 1.72. The third kappa shape index (κ3) is 3.29. The number of sulfone groups is 1. The average molecular weight is 276 g/mol. The highest BCUT2D eigenvalue weighted by Crippen LogP contribution is 2.12. The summed E-state index contributed by atoms with van der Waals surface area (Å²) in [5, 5.41) is 0. The quantitative estimate of drug-likeness (QED) is 0.749. The van der Waals surface area contributed by atoms with E-state index in [1.54, 1.807) is 12.4 Å². The summed E-state index contributed by atoms with van der Waals surface area (Å²) in [6, 6.07) is 0. The molecule has 1 aliphatic rings. The number of hydrogen-bond donors (Lipinski definition) is 0. The lowest BCUT2D eigenvalue weighted by Gasteiger charge is -2.19. The fraction of sp³-hybridized carbons (Fsp3) is 0.600. The van der Waals surface area contributed by atoms with Crippen molar-refractivity contribution in [3.05, 3.63) is 18.0 Å². The van der Waals surface area contributed by atoms with Crippen molar-refractivity contribution in [3.63, 3.8) is 0 Å². The van der Waals surface area contributed by atoms with Crippen LogP contribution in [0.15, 0.2) is 12.4 Å². The van der Waals surface area contributed by atoms with Gasteiger partial charge < -0.3 is 4.90 Å². The summed E-state index contributed by atoms with van der Waals surface area (Å²) in [7, 11) is -2.89. The molecule has 17 heavy (non-hydrogen) atoms.